The van der Waals surface area contributed by atoms with Crippen LogP contribution in [0.3, 0.4) is 0 Å². The molecule has 3 fully saturated rings. The fourth-order valence-corrected chi connectivity index (χ4v) is 6.17. The van der Waals surface area contributed by atoms with Gasteiger partial charge in [-0.15, -0.1) is 0 Å². The molecule has 4 atom stereocenters. The SMILES string of the molecule is CC1C(CN2CCC3(CC2)OCCO3)OC(c2ccc(NC(=O)c3c(F)c(F)c(F)c(F)c3F)cc2)OC1c1ccc(CO)cc1. The summed E-state index contributed by atoms with van der Waals surface area (Å²) >= 11 is 0. The summed E-state index contributed by atoms with van der Waals surface area (Å²) < 4.78 is 93.7. The first-order valence-corrected chi connectivity index (χ1v) is 15.0. The van der Waals surface area contributed by atoms with Gasteiger partial charge in [-0.1, -0.05) is 43.3 Å². The van der Waals surface area contributed by atoms with E-state index in [2.05, 4.69) is 17.1 Å². The summed E-state index contributed by atoms with van der Waals surface area (Å²) in [4.78, 5) is 14.8. The molecule has 1 spiro atoms. The molecular weight excluding hydrogens is 615 g/mol. The maximum absolute atomic E-state index is 14.2. The Morgan fingerprint density at radius 2 is 1.41 bits per heavy atom. The lowest BCUT2D eigenvalue weighted by molar-refractivity contribution is -0.278. The van der Waals surface area contributed by atoms with Crippen molar-refractivity contribution < 1.29 is 50.8 Å². The number of benzene rings is 3. The standard InChI is InChI=1S/C33H33F5N2O6/c1-18-23(16-40-12-10-33(11-13-40)43-14-15-44-33)45-32(46-30(18)20-4-2-19(17-41)3-5-20)21-6-8-22(9-7-21)39-31(42)24-25(34)27(36)29(38)28(37)26(24)35/h2-9,18,23,30,32,41H,10-17H2,1H3,(H,39,42). The van der Waals surface area contributed by atoms with Crippen LogP contribution < -0.4 is 5.32 Å². The minimum absolute atomic E-state index is 0.0492. The van der Waals surface area contributed by atoms with Crippen LogP contribution in [0.5, 0.6) is 0 Å². The molecule has 0 aliphatic carbocycles. The molecule has 3 heterocycles. The van der Waals surface area contributed by atoms with E-state index in [0.717, 1.165) is 37.1 Å². The number of halogens is 5. The van der Waals surface area contributed by atoms with E-state index in [1.807, 2.05) is 24.3 Å². The summed E-state index contributed by atoms with van der Waals surface area (Å²) in [5.74, 6) is -13.3. The molecule has 2 N–H and O–H groups in total. The molecule has 3 aromatic carbocycles. The predicted molar refractivity (Wildman–Crippen MR) is 154 cm³/mol. The van der Waals surface area contributed by atoms with Crippen LogP contribution in [0.15, 0.2) is 48.5 Å². The summed E-state index contributed by atoms with van der Waals surface area (Å²) in [7, 11) is 0. The number of aliphatic hydroxyl groups excluding tert-OH is 1. The second-order valence-corrected chi connectivity index (χ2v) is 11.8. The van der Waals surface area contributed by atoms with E-state index in [1.54, 1.807) is 12.1 Å². The van der Waals surface area contributed by atoms with Crippen LogP contribution in [0.25, 0.3) is 0 Å². The van der Waals surface area contributed by atoms with Crippen molar-refractivity contribution in [1.82, 2.24) is 4.90 Å². The lowest BCUT2D eigenvalue weighted by Crippen LogP contribution is -2.50. The minimum Gasteiger partial charge on any atom is -0.392 e. The van der Waals surface area contributed by atoms with E-state index >= 15 is 0 Å². The Bertz CT molecular complexity index is 1530. The number of likely N-dealkylation sites (tertiary alicyclic amines) is 1. The van der Waals surface area contributed by atoms with Crippen molar-refractivity contribution in [2.45, 2.75) is 50.7 Å². The van der Waals surface area contributed by atoms with Crippen LogP contribution in [0.4, 0.5) is 27.6 Å². The molecule has 6 rings (SSSR count). The highest BCUT2D eigenvalue weighted by Gasteiger charge is 2.43. The fraction of sp³-hybridized carbons (Fsp3) is 0.424. The van der Waals surface area contributed by atoms with Gasteiger partial charge in [-0.25, -0.2) is 22.0 Å². The summed E-state index contributed by atoms with van der Waals surface area (Å²) in [6, 6.07) is 13.5. The quantitative estimate of drug-likeness (QED) is 0.192. The smallest absolute Gasteiger partial charge is 0.261 e. The van der Waals surface area contributed by atoms with Gasteiger partial charge in [0.1, 0.15) is 5.56 Å². The lowest BCUT2D eigenvalue weighted by atomic mass is 9.89. The molecule has 46 heavy (non-hydrogen) atoms. The topological polar surface area (TPSA) is 89.5 Å². The Morgan fingerprint density at radius 1 is 0.848 bits per heavy atom. The second-order valence-electron chi connectivity index (χ2n) is 11.8. The summed E-state index contributed by atoms with van der Waals surface area (Å²) in [6.45, 7) is 5.32. The van der Waals surface area contributed by atoms with Gasteiger partial charge in [-0.2, -0.15) is 0 Å². The van der Waals surface area contributed by atoms with Crippen LogP contribution in [0.1, 0.15) is 59.2 Å². The zero-order valence-electron chi connectivity index (χ0n) is 24.9. The number of nitrogens with zero attached hydrogens (tertiary/aromatic N) is 1. The van der Waals surface area contributed by atoms with Gasteiger partial charge in [0, 0.05) is 49.6 Å². The van der Waals surface area contributed by atoms with Crippen LogP contribution >= 0.6 is 0 Å². The summed E-state index contributed by atoms with van der Waals surface area (Å²) in [5, 5.41) is 11.7. The molecule has 0 radical (unpaired) electrons. The lowest BCUT2D eigenvalue weighted by Gasteiger charge is -2.44. The molecule has 3 aliphatic heterocycles. The molecule has 0 aromatic heterocycles. The van der Waals surface area contributed by atoms with E-state index in [0.29, 0.717) is 25.3 Å². The molecule has 3 aromatic rings. The molecule has 1 amide bonds. The van der Waals surface area contributed by atoms with Gasteiger partial charge in [-0.3, -0.25) is 4.79 Å². The van der Waals surface area contributed by atoms with Crippen molar-refractivity contribution in [3.05, 3.63) is 99.9 Å². The van der Waals surface area contributed by atoms with E-state index in [-0.39, 0.29) is 30.4 Å². The van der Waals surface area contributed by atoms with E-state index in [1.165, 1.54) is 12.1 Å². The van der Waals surface area contributed by atoms with E-state index in [4.69, 9.17) is 18.9 Å². The number of ether oxygens (including phenoxy) is 4. The second kappa shape index (κ2) is 13.3. The van der Waals surface area contributed by atoms with Gasteiger partial charge in [0.2, 0.25) is 5.82 Å². The number of aliphatic hydroxyl groups is 1. The first kappa shape index (κ1) is 32.5. The average Bonchev–Trinajstić information content (AvgIpc) is 3.53. The highest BCUT2D eigenvalue weighted by Crippen LogP contribution is 2.42. The van der Waals surface area contributed by atoms with Crippen molar-refractivity contribution in [2.24, 2.45) is 5.92 Å². The maximum Gasteiger partial charge on any atom is 0.261 e. The van der Waals surface area contributed by atoms with Gasteiger partial charge >= 0.3 is 0 Å². The van der Waals surface area contributed by atoms with Gasteiger partial charge in [0.25, 0.3) is 5.91 Å². The monoisotopic (exact) mass is 648 g/mol. The first-order valence-electron chi connectivity index (χ1n) is 15.0. The Balaban J connectivity index is 1.20. The number of nitrogens with one attached hydrogen (secondary N) is 1. The molecular formula is C33H33F5N2O6. The predicted octanol–water partition coefficient (Wildman–Crippen LogP) is 5.76. The van der Waals surface area contributed by atoms with Crippen LogP contribution in [0.2, 0.25) is 0 Å². The third-order valence-corrected chi connectivity index (χ3v) is 8.87. The summed E-state index contributed by atoms with van der Waals surface area (Å²) in [6.07, 6.45) is 0.0367. The number of hydrogen-bond acceptors (Lipinski definition) is 7. The molecule has 4 unspecified atom stereocenters. The number of rotatable bonds is 7. The van der Waals surface area contributed by atoms with Crippen molar-refractivity contribution in [3.8, 4) is 0 Å². The molecule has 0 bridgehead atoms. The molecule has 3 aliphatic rings. The highest BCUT2D eigenvalue weighted by molar-refractivity contribution is 6.04. The number of carbonyl (C=O) groups excluding carboxylic acids is 1. The van der Waals surface area contributed by atoms with Crippen LogP contribution in [-0.4, -0.2) is 60.7 Å². The van der Waals surface area contributed by atoms with Gasteiger partial charge in [0.15, 0.2) is 35.3 Å². The van der Waals surface area contributed by atoms with Gasteiger partial charge in [0.05, 0.1) is 32.0 Å². The molecule has 3 saturated heterocycles. The van der Waals surface area contributed by atoms with Crippen molar-refractivity contribution >= 4 is 11.6 Å². The molecule has 8 nitrogen and oxygen atoms in total. The fourth-order valence-electron chi connectivity index (χ4n) is 6.17. The number of carbonyl (C=O) groups is 1. The Hall–Kier alpha value is -3.46. The number of anilines is 1. The normalized spacial score (nSPS) is 24.8. The van der Waals surface area contributed by atoms with Crippen LogP contribution in [-0.2, 0) is 25.6 Å². The number of hydrogen-bond donors (Lipinski definition) is 2. The van der Waals surface area contributed by atoms with Gasteiger partial charge < -0.3 is 34.3 Å². The Kier molecular flexibility index (Phi) is 9.42. The molecule has 0 saturated carbocycles. The maximum atomic E-state index is 14.2. The zero-order valence-corrected chi connectivity index (χ0v) is 24.9. The number of amides is 1. The largest absolute Gasteiger partial charge is 0.392 e. The minimum atomic E-state index is -2.35. The van der Waals surface area contributed by atoms with E-state index in [9.17, 15) is 31.9 Å². The molecule has 246 valence electrons. The molecule has 13 heteroatoms. The zero-order chi connectivity index (χ0) is 32.6. The number of piperidine rings is 1. The average molecular weight is 649 g/mol. The third kappa shape index (κ3) is 6.40. The van der Waals surface area contributed by atoms with Crippen molar-refractivity contribution in [1.29, 1.82) is 0 Å². The van der Waals surface area contributed by atoms with Crippen LogP contribution in [0, 0.1) is 35.0 Å². The van der Waals surface area contributed by atoms with Gasteiger partial charge in [-0.05, 0) is 23.3 Å². The van der Waals surface area contributed by atoms with Crippen molar-refractivity contribution in [2.75, 3.05) is 38.2 Å². The van der Waals surface area contributed by atoms with Crippen molar-refractivity contribution in [3.63, 3.8) is 0 Å². The summed E-state index contributed by atoms with van der Waals surface area (Å²) in [5.41, 5.74) is 0.710. The first-order chi connectivity index (χ1) is 22.1. The third-order valence-electron chi connectivity index (χ3n) is 8.87. The Labute approximate surface area is 262 Å². The Morgan fingerprint density at radius 3 is 2.00 bits per heavy atom. The van der Waals surface area contributed by atoms with E-state index < -0.39 is 52.6 Å². The highest BCUT2D eigenvalue weighted by atomic mass is 19.2.